The van der Waals surface area contributed by atoms with E-state index >= 15 is 0 Å². The summed E-state index contributed by atoms with van der Waals surface area (Å²) in [5, 5.41) is 2.40. The highest BCUT2D eigenvalue weighted by Gasteiger charge is 2.47. The van der Waals surface area contributed by atoms with Crippen LogP contribution < -0.4 is 15.6 Å². The van der Waals surface area contributed by atoms with E-state index in [9.17, 15) is 40.3 Å². The number of nitrogens with zero attached hydrogens (tertiary/aromatic N) is 2. The molecule has 214 valence electrons. The van der Waals surface area contributed by atoms with E-state index in [4.69, 9.17) is 23.2 Å². The number of carbonyl (C=O) groups is 2. The minimum atomic E-state index is -4.80. The van der Waals surface area contributed by atoms with E-state index in [1.807, 2.05) is 0 Å². The molecule has 2 atom stereocenters. The summed E-state index contributed by atoms with van der Waals surface area (Å²) in [4.78, 5) is 27.8. The van der Waals surface area contributed by atoms with Gasteiger partial charge in [0.25, 0.3) is 5.92 Å². The maximum absolute atomic E-state index is 13.5. The van der Waals surface area contributed by atoms with Gasteiger partial charge in [-0.05, 0) is 24.3 Å². The molecule has 1 fully saturated rings. The second-order valence-electron chi connectivity index (χ2n) is 8.56. The summed E-state index contributed by atoms with van der Waals surface area (Å²) >= 11 is 9.30. The average molecular weight is 617 g/mol. The Morgan fingerprint density at radius 3 is 2.38 bits per heavy atom. The first-order valence-corrected chi connectivity index (χ1v) is 13.3. The second kappa shape index (κ2) is 12.9. The van der Waals surface area contributed by atoms with Crippen molar-refractivity contribution in [3.05, 3.63) is 64.7 Å². The van der Waals surface area contributed by atoms with E-state index in [1.54, 1.807) is 0 Å². The molecular formula is C23H23Cl2F5N4O4S. The van der Waals surface area contributed by atoms with Crippen molar-refractivity contribution in [1.29, 1.82) is 0 Å². The third kappa shape index (κ3) is 8.08. The van der Waals surface area contributed by atoms with Crippen molar-refractivity contribution in [2.45, 2.75) is 37.0 Å². The summed E-state index contributed by atoms with van der Waals surface area (Å²) in [7, 11) is 0. The summed E-state index contributed by atoms with van der Waals surface area (Å²) in [5.74, 6) is -5.05. The summed E-state index contributed by atoms with van der Waals surface area (Å²) in [6, 6.07) is 6.72. The van der Waals surface area contributed by atoms with Crippen LogP contribution >= 0.6 is 23.2 Å². The Balaban J connectivity index is 2.08. The van der Waals surface area contributed by atoms with Crippen molar-refractivity contribution >= 4 is 52.0 Å². The molecule has 1 aliphatic rings. The van der Waals surface area contributed by atoms with Crippen molar-refractivity contribution in [2.75, 3.05) is 23.9 Å². The number of rotatable bonds is 11. The number of hydrogen-bond donors (Lipinski definition) is 3. The minimum Gasteiger partial charge on any atom is -0.351 e. The number of nitrogens with one attached hydrogen (secondary N) is 2. The predicted octanol–water partition coefficient (Wildman–Crippen LogP) is 4.53. The number of hydrazine groups is 1. The smallest absolute Gasteiger partial charge is 0.351 e. The molecule has 0 aliphatic heterocycles. The average Bonchev–Trinajstić information content (AvgIpc) is 2.83. The van der Waals surface area contributed by atoms with Crippen LogP contribution in [-0.2, 0) is 27.0 Å². The van der Waals surface area contributed by atoms with Gasteiger partial charge < -0.3 is 5.32 Å². The van der Waals surface area contributed by atoms with Gasteiger partial charge in [-0.15, -0.1) is 16.0 Å². The topological polar surface area (TPSA) is 102 Å². The van der Waals surface area contributed by atoms with E-state index in [2.05, 4.69) is 10.7 Å². The number of amides is 2. The van der Waals surface area contributed by atoms with E-state index in [0.717, 1.165) is 23.1 Å². The van der Waals surface area contributed by atoms with E-state index < -0.39 is 72.2 Å². The maximum Gasteiger partial charge on any atom is 0.416 e. The zero-order valence-corrected chi connectivity index (χ0v) is 22.3. The molecule has 0 saturated heterocycles. The third-order valence-electron chi connectivity index (χ3n) is 5.75. The highest BCUT2D eigenvalue weighted by atomic mass is 35.5. The van der Waals surface area contributed by atoms with Crippen LogP contribution in [0.2, 0.25) is 5.02 Å². The van der Waals surface area contributed by atoms with Gasteiger partial charge in [0.2, 0.25) is 23.1 Å². The van der Waals surface area contributed by atoms with Crippen LogP contribution in [-0.4, -0.2) is 55.9 Å². The Morgan fingerprint density at radius 1 is 1.15 bits per heavy atom. The molecule has 2 aromatic carbocycles. The molecule has 8 nitrogen and oxygen atoms in total. The molecular weight excluding hydrogens is 594 g/mol. The zero-order chi connectivity index (χ0) is 29.0. The lowest BCUT2D eigenvalue weighted by Crippen LogP contribution is -2.55. The molecule has 3 rings (SSSR count). The van der Waals surface area contributed by atoms with E-state index in [-0.39, 0.29) is 28.7 Å². The van der Waals surface area contributed by atoms with Crippen molar-refractivity contribution < 1.29 is 40.3 Å². The molecule has 2 aromatic rings. The molecule has 16 heteroatoms. The lowest BCUT2D eigenvalue weighted by atomic mass is 9.87. The number of benzene rings is 2. The molecule has 2 unspecified atom stereocenters. The van der Waals surface area contributed by atoms with Crippen LogP contribution in [0.1, 0.15) is 30.0 Å². The minimum absolute atomic E-state index is 0.0110. The molecule has 0 aromatic heterocycles. The second-order valence-corrected chi connectivity index (χ2v) is 10.2. The Bertz CT molecular complexity index is 1220. The van der Waals surface area contributed by atoms with Crippen LogP contribution in [0.25, 0.3) is 0 Å². The lowest BCUT2D eigenvalue weighted by molar-refractivity contribution is -0.137. The number of alkyl halides is 6. The largest absolute Gasteiger partial charge is 0.416 e. The Hall–Kier alpha value is -2.36. The number of hydrogen-bond acceptors (Lipinski definition) is 4. The van der Waals surface area contributed by atoms with Crippen molar-refractivity contribution in [3.8, 4) is 0 Å². The number of halogens is 7. The molecule has 0 radical (unpaired) electrons. The van der Waals surface area contributed by atoms with Crippen LogP contribution in [0.5, 0.6) is 0 Å². The van der Waals surface area contributed by atoms with Crippen LogP contribution in [0.15, 0.2) is 48.5 Å². The Kier molecular flexibility index (Phi) is 10.3. The standard InChI is InChI=1S/C23H23Cl2F5N4O4S/c24-8-9-33(39(37)38)31-13-19(35)34(16-5-3-4-14(10-16)23(28,29)30)20(17-6-1-2-7-18(17)25)21(36)32-15-11-22(26,27)12-15/h1-7,10,15,20,31H,8-9,11-13H2,(H,32,36)(H,37,38). The predicted molar refractivity (Wildman–Crippen MR) is 135 cm³/mol. The summed E-state index contributed by atoms with van der Waals surface area (Å²) in [5.41, 5.74) is 0.902. The van der Waals surface area contributed by atoms with Gasteiger partial charge in [0.05, 0.1) is 12.1 Å². The van der Waals surface area contributed by atoms with Gasteiger partial charge in [0.15, 0.2) is 0 Å². The van der Waals surface area contributed by atoms with Crippen LogP contribution in [0.3, 0.4) is 0 Å². The fourth-order valence-corrected chi connectivity index (χ4v) is 4.87. The quantitative estimate of drug-likeness (QED) is 0.149. The molecule has 0 heterocycles. The molecule has 0 spiro atoms. The molecule has 1 aliphatic carbocycles. The third-order valence-corrected chi connectivity index (χ3v) is 6.95. The van der Waals surface area contributed by atoms with Gasteiger partial charge in [-0.1, -0.05) is 35.9 Å². The van der Waals surface area contributed by atoms with Crippen molar-refractivity contribution in [2.24, 2.45) is 0 Å². The first-order chi connectivity index (χ1) is 18.2. The SMILES string of the molecule is O=C(NC1CC(F)(F)C1)C(c1ccccc1Cl)N(C(=O)CNN(CCCl)S(=O)O)c1cccc(C(F)(F)F)c1. The number of anilines is 1. The van der Waals surface area contributed by atoms with Crippen LogP contribution in [0.4, 0.5) is 27.6 Å². The monoisotopic (exact) mass is 616 g/mol. The van der Waals surface area contributed by atoms with Gasteiger partial charge in [0, 0.05) is 47.6 Å². The van der Waals surface area contributed by atoms with Gasteiger partial charge >= 0.3 is 6.18 Å². The lowest BCUT2D eigenvalue weighted by Gasteiger charge is -2.38. The van der Waals surface area contributed by atoms with E-state index in [0.29, 0.717) is 10.5 Å². The van der Waals surface area contributed by atoms with E-state index in [1.165, 1.54) is 24.3 Å². The maximum atomic E-state index is 13.5. The summed E-state index contributed by atoms with van der Waals surface area (Å²) < 4.78 is 89.1. The highest BCUT2D eigenvalue weighted by Crippen LogP contribution is 2.39. The summed E-state index contributed by atoms with van der Waals surface area (Å²) in [6.45, 7) is -0.943. The van der Waals surface area contributed by atoms with Gasteiger partial charge in [0.1, 0.15) is 6.04 Å². The van der Waals surface area contributed by atoms with Gasteiger partial charge in [-0.25, -0.2) is 18.4 Å². The molecule has 0 bridgehead atoms. The zero-order valence-electron chi connectivity index (χ0n) is 19.9. The first kappa shape index (κ1) is 31.2. The number of carbonyl (C=O) groups excluding carboxylic acids is 2. The van der Waals surface area contributed by atoms with Gasteiger partial charge in [-0.2, -0.15) is 13.2 Å². The Labute approximate surface area is 232 Å². The normalized spacial score (nSPS) is 16.8. The van der Waals surface area contributed by atoms with Crippen molar-refractivity contribution in [1.82, 2.24) is 15.2 Å². The summed E-state index contributed by atoms with van der Waals surface area (Å²) in [6.07, 6.45) is -6.10. The molecule has 2 amide bonds. The fraction of sp³-hybridized carbons (Fsp3) is 0.391. The Morgan fingerprint density at radius 2 is 1.82 bits per heavy atom. The molecule has 3 N–H and O–H groups in total. The fourth-order valence-electron chi connectivity index (χ4n) is 3.94. The highest BCUT2D eigenvalue weighted by molar-refractivity contribution is 7.76. The molecule has 39 heavy (non-hydrogen) atoms. The van der Waals surface area contributed by atoms with Crippen LogP contribution in [0, 0.1) is 0 Å². The van der Waals surface area contributed by atoms with Crippen molar-refractivity contribution in [3.63, 3.8) is 0 Å². The molecule has 1 saturated carbocycles. The first-order valence-electron chi connectivity index (χ1n) is 11.3. The van der Waals surface area contributed by atoms with Gasteiger partial charge in [-0.3, -0.25) is 19.0 Å².